The highest BCUT2D eigenvalue weighted by atomic mass is 19.1. The Hall–Kier alpha value is -2.41. The molecule has 6 nitrogen and oxygen atoms in total. The van der Waals surface area contributed by atoms with Gasteiger partial charge in [-0.05, 0) is 44.9 Å². The van der Waals surface area contributed by atoms with Crippen molar-refractivity contribution < 1.29 is 14.3 Å². The van der Waals surface area contributed by atoms with Crippen LogP contribution in [0, 0.1) is 5.82 Å². The number of carbonyl (C=O) groups is 1. The van der Waals surface area contributed by atoms with Gasteiger partial charge in [-0.1, -0.05) is 12.1 Å². The number of benzene rings is 1. The quantitative estimate of drug-likeness (QED) is 0.759. The lowest BCUT2D eigenvalue weighted by molar-refractivity contribution is 0.155. The summed E-state index contributed by atoms with van der Waals surface area (Å²) in [5.41, 5.74) is 0.614. The molecule has 0 radical (unpaired) electrons. The molecule has 2 aromatic rings. The molecule has 0 spiro atoms. The number of halogens is 1. The van der Waals surface area contributed by atoms with Gasteiger partial charge in [-0.15, -0.1) is 0 Å². The van der Waals surface area contributed by atoms with Gasteiger partial charge in [0.1, 0.15) is 11.6 Å². The fourth-order valence-electron chi connectivity index (χ4n) is 2.42. The summed E-state index contributed by atoms with van der Waals surface area (Å²) in [6, 6.07) is 6.90. The van der Waals surface area contributed by atoms with E-state index in [9.17, 15) is 14.3 Å². The van der Waals surface area contributed by atoms with E-state index in [1.165, 1.54) is 24.3 Å². The predicted molar refractivity (Wildman–Crippen MR) is 90.2 cm³/mol. The molecule has 1 aromatic heterocycles. The zero-order valence-corrected chi connectivity index (χ0v) is 14.0. The van der Waals surface area contributed by atoms with Crippen LogP contribution >= 0.6 is 0 Å². The number of hydrogen-bond acceptors (Lipinski definition) is 3. The average Bonchev–Trinajstić information content (AvgIpc) is 2.95. The first kappa shape index (κ1) is 17.9. The van der Waals surface area contributed by atoms with E-state index in [1.807, 2.05) is 13.8 Å². The summed E-state index contributed by atoms with van der Waals surface area (Å²) in [6.07, 6.45) is 1.17. The Morgan fingerprint density at radius 1 is 1.25 bits per heavy atom. The molecule has 0 aliphatic carbocycles. The van der Waals surface area contributed by atoms with Crippen LogP contribution in [-0.4, -0.2) is 27.0 Å². The summed E-state index contributed by atoms with van der Waals surface area (Å²) in [7, 11) is 0. The highest BCUT2D eigenvalue weighted by Gasteiger charge is 2.16. The SMILES string of the molecule is CC(CC(O)c1ccc(F)cc1)NC(=O)Nc1ccnn1C(C)C. The molecule has 0 bridgehead atoms. The highest BCUT2D eigenvalue weighted by molar-refractivity contribution is 5.88. The van der Waals surface area contributed by atoms with E-state index in [4.69, 9.17) is 0 Å². The minimum atomic E-state index is -0.776. The van der Waals surface area contributed by atoms with E-state index in [-0.39, 0.29) is 23.9 Å². The lowest BCUT2D eigenvalue weighted by Gasteiger charge is -2.19. The Kier molecular flexibility index (Phi) is 5.92. The van der Waals surface area contributed by atoms with Gasteiger partial charge in [0.25, 0.3) is 0 Å². The average molecular weight is 334 g/mol. The van der Waals surface area contributed by atoms with Crippen molar-refractivity contribution in [3.63, 3.8) is 0 Å². The minimum absolute atomic E-state index is 0.132. The molecule has 1 aromatic carbocycles. The molecule has 0 saturated carbocycles. The molecule has 3 N–H and O–H groups in total. The number of urea groups is 1. The molecule has 2 rings (SSSR count). The molecule has 130 valence electrons. The zero-order chi connectivity index (χ0) is 17.7. The monoisotopic (exact) mass is 334 g/mol. The Morgan fingerprint density at radius 3 is 2.54 bits per heavy atom. The van der Waals surface area contributed by atoms with Crippen molar-refractivity contribution in [3.8, 4) is 0 Å². The molecule has 0 aliphatic heterocycles. The molecule has 24 heavy (non-hydrogen) atoms. The second kappa shape index (κ2) is 7.92. The van der Waals surface area contributed by atoms with E-state index in [0.717, 1.165) is 0 Å². The topological polar surface area (TPSA) is 79.2 Å². The molecule has 2 unspecified atom stereocenters. The number of nitrogens with zero attached hydrogens (tertiary/aromatic N) is 2. The van der Waals surface area contributed by atoms with E-state index in [1.54, 1.807) is 23.9 Å². The van der Waals surface area contributed by atoms with Crippen molar-refractivity contribution in [1.82, 2.24) is 15.1 Å². The van der Waals surface area contributed by atoms with Crippen molar-refractivity contribution in [2.45, 2.75) is 45.4 Å². The van der Waals surface area contributed by atoms with Gasteiger partial charge >= 0.3 is 6.03 Å². The maximum absolute atomic E-state index is 12.9. The first-order chi connectivity index (χ1) is 11.4. The molecular weight excluding hydrogens is 311 g/mol. The van der Waals surface area contributed by atoms with Crippen LogP contribution in [0.5, 0.6) is 0 Å². The lowest BCUT2D eigenvalue weighted by atomic mass is 10.0. The number of aromatic nitrogens is 2. The summed E-state index contributed by atoms with van der Waals surface area (Å²) < 4.78 is 14.6. The highest BCUT2D eigenvalue weighted by Crippen LogP contribution is 2.19. The summed E-state index contributed by atoms with van der Waals surface area (Å²) in [4.78, 5) is 12.1. The van der Waals surface area contributed by atoms with Gasteiger partial charge in [0.15, 0.2) is 0 Å². The third-order valence-electron chi connectivity index (χ3n) is 3.61. The number of aliphatic hydroxyl groups excluding tert-OH is 1. The van der Waals surface area contributed by atoms with Crippen LogP contribution in [0.15, 0.2) is 36.5 Å². The van der Waals surface area contributed by atoms with Crippen molar-refractivity contribution in [1.29, 1.82) is 0 Å². The summed E-state index contributed by atoms with van der Waals surface area (Å²) in [6.45, 7) is 5.74. The number of hydrogen-bond donors (Lipinski definition) is 3. The zero-order valence-electron chi connectivity index (χ0n) is 14.0. The molecular formula is C17H23FN4O2. The van der Waals surface area contributed by atoms with Gasteiger partial charge in [-0.2, -0.15) is 5.10 Å². The largest absolute Gasteiger partial charge is 0.388 e. The minimum Gasteiger partial charge on any atom is -0.388 e. The first-order valence-corrected chi connectivity index (χ1v) is 7.91. The molecule has 7 heteroatoms. The van der Waals surface area contributed by atoms with E-state index in [2.05, 4.69) is 15.7 Å². The number of rotatable bonds is 6. The molecule has 0 aliphatic rings. The van der Waals surface area contributed by atoms with Gasteiger partial charge in [-0.3, -0.25) is 5.32 Å². The second-order valence-electron chi connectivity index (χ2n) is 6.06. The van der Waals surface area contributed by atoms with Crippen LogP contribution in [0.2, 0.25) is 0 Å². The summed E-state index contributed by atoms with van der Waals surface area (Å²) in [5.74, 6) is 0.257. The van der Waals surface area contributed by atoms with Gasteiger partial charge in [0.05, 0.1) is 12.3 Å². The fourth-order valence-corrected chi connectivity index (χ4v) is 2.42. The molecule has 2 amide bonds. The Labute approximate surface area is 140 Å². The third kappa shape index (κ3) is 4.79. The van der Waals surface area contributed by atoms with Gasteiger partial charge in [0, 0.05) is 18.2 Å². The maximum Gasteiger partial charge on any atom is 0.320 e. The van der Waals surface area contributed by atoms with Gasteiger partial charge in [-0.25, -0.2) is 13.9 Å². The van der Waals surface area contributed by atoms with Gasteiger partial charge in [0.2, 0.25) is 0 Å². The predicted octanol–water partition coefficient (Wildman–Crippen LogP) is 3.24. The number of nitrogens with one attached hydrogen (secondary N) is 2. The van der Waals surface area contributed by atoms with Crippen LogP contribution < -0.4 is 10.6 Å². The second-order valence-corrected chi connectivity index (χ2v) is 6.06. The Morgan fingerprint density at radius 2 is 1.92 bits per heavy atom. The Balaban J connectivity index is 1.87. The normalized spacial score (nSPS) is 13.6. The number of aliphatic hydroxyl groups is 1. The number of anilines is 1. The smallest absolute Gasteiger partial charge is 0.320 e. The molecule has 0 saturated heterocycles. The standard InChI is InChI=1S/C17H23FN4O2/c1-11(2)22-16(8-9-19-22)21-17(24)20-12(3)10-15(23)13-4-6-14(18)7-5-13/h4-9,11-12,15,23H,10H2,1-3H3,(H2,20,21,24). The Bertz CT molecular complexity index is 669. The van der Waals surface area contributed by atoms with Crippen LogP contribution in [0.4, 0.5) is 15.0 Å². The number of carbonyl (C=O) groups excluding carboxylic acids is 1. The third-order valence-corrected chi connectivity index (χ3v) is 3.61. The van der Waals surface area contributed by atoms with E-state index < -0.39 is 6.10 Å². The maximum atomic E-state index is 12.9. The molecule has 0 fully saturated rings. The summed E-state index contributed by atoms with van der Waals surface area (Å²) >= 11 is 0. The van der Waals surface area contributed by atoms with Crippen LogP contribution in [0.25, 0.3) is 0 Å². The van der Waals surface area contributed by atoms with Gasteiger partial charge < -0.3 is 10.4 Å². The van der Waals surface area contributed by atoms with E-state index >= 15 is 0 Å². The van der Waals surface area contributed by atoms with Crippen LogP contribution in [-0.2, 0) is 0 Å². The summed E-state index contributed by atoms with van der Waals surface area (Å²) in [5, 5.41) is 19.8. The van der Waals surface area contributed by atoms with Crippen molar-refractivity contribution in [3.05, 3.63) is 47.9 Å². The van der Waals surface area contributed by atoms with Crippen LogP contribution in [0.1, 0.15) is 44.9 Å². The fraction of sp³-hybridized carbons (Fsp3) is 0.412. The van der Waals surface area contributed by atoms with Crippen molar-refractivity contribution >= 4 is 11.8 Å². The van der Waals surface area contributed by atoms with E-state index in [0.29, 0.717) is 17.8 Å². The lowest BCUT2D eigenvalue weighted by Crippen LogP contribution is -2.37. The van der Waals surface area contributed by atoms with Crippen LogP contribution in [0.3, 0.4) is 0 Å². The van der Waals surface area contributed by atoms with Crippen molar-refractivity contribution in [2.24, 2.45) is 0 Å². The molecule has 1 heterocycles. The molecule has 2 atom stereocenters. The number of amides is 2. The van der Waals surface area contributed by atoms with Crippen molar-refractivity contribution in [2.75, 3.05) is 5.32 Å². The first-order valence-electron chi connectivity index (χ1n) is 7.91.